The van der Waals surface area contributed by atoms with Crippen LogP contribution in [0.3, 0.4) is 0 Å². The normalized spacial score (nSPS) is 10.4. The molecule has 0 unspecified atom stereocenters. The lowest BCUT2D eigenvalue weighted by atomic mass is 10.1. The van der Waals surface area contributed by atoms with Crippen LogP contribution in [0, 0.1) is 25.2 Å². The zero-order valence-electron chi connectivity index (χ0n) is 15.5. The van der Waals surface area contributed by atoms with Gasteiger partial charge in [0.15, 0.2) is 0 Å². The average molecular weight is 385 g/mol. The molecule has 0 fully saturated rings. The number of carbonyl (C=O) groups excluding carboxylic acids is 2. The fourth-order valence-corrected chi connectivity index (χ4v) is 2.73. The Morgan fingerprint density at radius 1 is 1.11 bits per heavy atom. The van der Waals surface area contributed by atoms with Crippen LogP contribution in [0.15, 0.2) is 36.4 Å². The Labute approximate surface area is 163 Å². The summed E-state index contributed by atoms with van der Waals surface area (Å²) in [6.07, 6.45) is 0. The summed E-state index contributed by atoms with van der Waals surface area (Å²) >= 11 is 5.95. The molecule has 27 heavy (non-hydrogen) atoms. The number of halogens is 1. The number of carbonyl (C=O) groups is 2. The molecule has 0 aromatic heterocycles. The van der Waals surface area contributed by atoms with Gasteiger partial charge in [0, 0.05) is 11.4 Å². The van der Waals surface area contributed by atoms with Crippen LogP contribution in [0.5, 0.6) is 0 Å². The SMILES string of the molecule is Cc1cccc(NC(=O)CN(C)CC(=O)Nc2ccc(C#N)c(Cl)c2)c1C. The molecule has 7 heteroatoms. The predicted molar refractivity (Wildman–Crippen MR) is 107 cm³/mol. The molecule has 0 saturated carbocycles. The summed E-state index contributed by atoms with van der Waals surface area (Å²) in [5.74, 6) is -0.474. The number of benzene rings is 2. The fourth-order valence-electron chi connectivity index (χ4n) is 2.51. The topological polar surface area (TPSA) is 85.2 Å². The van der Waals surface area contributed by atoms with Gasteiger partial charge in [0.2, 0.25) is 11.8 Å². The maximum Gasteiger partial charge on any atom is 0.238 e. The quantitative estimate of drug-likeness (QED) is 0.799. The molecule has 2 aromatic carbocycles. The standard InChI is InChI=1S/C20H21ClN4O2/c1-13-5-4-6-18(14(13)2)24-20(27)12-25(3)11-19(26)23-16-8-7-15(10-22)17(21)9-16/h4-9H,11-12H2,1-3H3,(H,23,26)(H,24,27). The van der Waals surface area contributed by atoms with Gasteiger partial charge in [-0.05, 0) is 56.3 Å². The second-order valence-electron chi connectivity index (χ2n) is 6.32. The van der Waals surface area contributed by atoms with E-state index in [1.165, 1.54) is 6.07 Å². The lowest BCUT2D eigenvalue weighted by Crippen LogP contribution is -2.36. The molecule has 0 spiro atoms. The van der Waals surface area contributed by atoms with Gasteiger partial charge >= 0.3 is 0 Å². The van der Waals surface area contributed by atoms with Crippen LogP contribution < -0.4 is 10.6 Å². The number of anilines is 2. The van der Waals surface area contributed by atoms with E-state index in [0.29, 0.717) is 11.3 Å². The van der Waals surface area contributed by atoms with E-state index in [-0.39, 0.29) is 29.9 Å². The monoisotopic (exact) mass is 384 g/mol. The molecule has 0 radical (unpaired) electrons. The second-order valence-corrected chi connectivity index (χ2v) is 6.73. The molecule has 2 N–H and O–H groups in total. The summed E-state index contributed by atoms with van der Waals surface area (Å²) in [4.78, 5) is 26.0. The first-order valence-electron chi connectivity index (χ1n) is 8.34. The molecule has 0 aliphatic rings. The Hall–Kier alpha value is -2.88. The summed E-state index contributed by atoms with van der Waals surface area (Å²) in [5.41, 5.74) is 3.72. The van der Waals surface area contributed by atoms with Crippen molar-refractivity contribution in [2.24, 2.45) is 0 Å². The smallest absolute Gasteiger partial charge is 0.238 e. The molecule has 0 heterocycles. The molecular formula is C20H21ClN4O2. The lowest BCUT2D eigenvalue weighted by molar-refractivity contribution is -0.119. The third-order valence-corrected chi connectivity index (χ3v) is 4.39. The van der Waals surface area contributed by atoms with E-state index < -0.39 is 0 Å². The van der Waals surface area contributed by atoms with Gasteiger partial charge in [-0.25, -0.2) is 0 Å². The van der Waals surface area contributed by atoms with E-state index in [4.69, 9.17) is 16.9 Å². The summed E-state index contributed by atoms with van der Waals surface area (Å²) in [7, 11) is 1.69. The zero-order valence-corrected chi connectivity index (χ0v) is 16.2. The van der Waals surface area contributed by atoms with Crippen molar-refractivity contribution in [2.45, 2.75) is 13.8 Å². The Morgan fingerprint density at radius 3 is 2.41 bits per heavy atom. The van der Waals surface area contributed by atoms with Gasteiger partial charge in [0.05, 0.1) is 23.7 Å². The maximum absolute atomic E-state index is 12.2. The molecule has 0 saturated heterocycles. The lowest BCUT2D eigenvalue weighted by Gasteiger charge is -2.17. The number of nitrogens with one attached hydrogen (secondary N) is 2. The van der Waals surface area contributed by atoms with E-state index in [0.717, 1.165) is 16.8 Å². The molecule has 140 valence electrons. The van der Waals surface area contributed by atoms with Crippen LogP contribution in [0.4, 0.5) is 11.4 Å². The van der Waals surface area contributed by atoms with E-state index >= 15 is 0 Å². The number of hydrogen-bond acceptors (Lipinski definition) is 4. The molecule has 0 bridgehead atoms. The van der Waals surface area contributed by atoms with Crippen LogP contribution in [-0.2, 0) is 9.59 Å². The van der Waals surface area contributed by atoms with Crippen LogP contribution in [-0.4, -0.2) is 36.9 Å². The number of nitriles is 1. The van der Waals surface area contributed by atoms with Crippen molar-refractivity contribution in [3.63, 3.8) is 0 Å². The first kappa shape index (κ1) is 20.4. The van der Waals surface area contributed by atoms with Crippen molar-refractivity contribution in [2.75, 3.05) is 30.8 Å². The minimum Gasteiger partial charge on any atom is -0.325 e. The van der Waals surface area contributed by atoms with E-state index in [1.807, 2.05) is 38.1 Å². The molecule has 0 aliphatic carbocycles. The molecule has 0 atom stereocenters. The summed E-state index contributed by atoms with van der Waals surface area (Å²) < 4.78 is 0. The highest BCUT2D eigenvalue weighted by molar-refractivity contribution is 6.32. The Morgan fingerprint density at radius 2 is 1.78 bits per heavy atom. The zero-order chi connectivity index (χ0) is 20.0. The highest BCUT2D eigenvalue weighted by Crippen LogP contribution is 2.20. The predicted octanol–water partition coefficient (Wildman–Crippen LogP) is 3.34. The van der Waals surface area contributed by atoms with E-state index in [1.54, 1.807) is 24.1 Å². The number of nitrogens with zero attached hydrogens (tertiary/aromatic N) is 2. The van der Waals surface area contributed by atoms with Crippen LogP contribution >= 0.6 is 11.6 Å². The minimum absolute atomic E-state index is 0.0395. The number of rotatable bonds is 6. The van der Waals surface area contributed by atoms with Gasteiger partial charge in [0.1, 0.15) is 6.07 Å². The van der Waals surface area contributed by atoms with Gasteiger partial charge in [-0.3, -0.25) is 14.5 Å². The van der Waals surface area contributed by atoms with Gasteiger partial charge < -0.3 is 10.6 Å². The number of hydrogen-bond donors (Lipinski definition) is 2. The summed E-state index contributed by atoms with van der Waals surface area (Å²) in [6.45, 7) is 4.05. The van der Waals surface area contributed by atoms with Gasteiger partial charge in [0.25, 0.3) is 0 Å². The van der Waals surface area contributed by atoms with Crippen molar-refractivity contribution < 1.29 is 9.59 Å². The highest BCUT2D eigenvalue weighted by Gasteiger charge is 2.13. The highest BCUT2D eigenvalue weighted by atomic mass is 35.5. The third kappa shape index (κ3) is 5.81. The van der Waals surface area contributed by atoms with Gasteiger partial charge in [-0.2, -0.15) is 5.26 Å². The van der Waals surface area contributed by atoms with Gasteiger partial charge in [-0.1, -0.05) is 23.7 Å². The molecule has 0 aliphatic heterocycles. The first-order valence-corrected chi connectivity index (χ1v) is 8.72. The van der Waals surface area contributed by atoms with Crippen molar-refractivity contribution >= 4 is 34.8 Å². The maximum atomic E-state index is 12.2. The third-order valence-electron chi connectivity index (χ3n) is 4.08. The Balaban J connectivity index is 1.87. The summed E-state index contributed by atoms with van der Waals surface area (Å²) in [6, 6.07) is 12.3. The van der Waals surface area contributed by atoms with E-state index in [2.05, 4.69) is 10.6 Å². The largest absolute Gasteiger partial charge is 0.325 e. The Kier molecular flexibility index (Phi) is 6.94. The minimum atomic E-state index is -0.280. The number of aryl methyl sites for hydroxylation is 1. The summed E-state index contributed by atoms with van der Waals surface area (Å²) in [5, 5.41) is 14.7. The van der Waals surface area contributed by atoms with Crippen LogP contribution in [0.1, 0.15) is 16.7 Å². The first-order chi connectivity index (χ1) is 12.8. The van der Waals surface area contributed by atoms with Crippen molar-refractivity contribution in [3.8, 4) is 6.07 Å². The second kappa shape index (κ2) is 9.17. The van der Waals surface area contributed by atoms with Crippen LogP contribution in [0.2, 0.25) is 5.02 Å². The average Bonchev–Trinajstić information content (AvgIpc) is 2.58. The van der Waals surface area contributed by atoms with Crippen molar-refractivity contribution in [1.82, 2.24) is 4.90 Å². The molecular weight excluding hydrogens is 364 g/mol. The number of amides is 2. The molecule has 2 amide bonds. The molecule has 2 aromatic rings. The Bertz CT molecular complexity index is 905. The van der Waals surface area contributed by atoms with Crippen LogP contribution in [0.25, 0.3) is 0 Å². The fraction of sp³-hybridized carbons (Fsp3) is 0.250. The number of likely N-dealkylation sites (N-methyl/N-ethyl adjacent to an activating group) is 1. The molecule has 6 nitrogen and oxygen atoms in total. The van der Waals surface area contributed by atoms with Gasteiger partial charge in [-0.15, -0.1) is 0 Å². The van der Waals surface area contributed by atoms with Crippen molar-refractivity contribution in [3.05, 3.63) is 58.1 Å². The van der Waals surface area contributed by atoms with E-state index in [9.17, 15) is 9.59 Å². The van der Waals surface area contributed by atoms with Crippen molar-refractivity contribution in [1.29, 1.82) is 5.26 Å². The molecule has 2 rings (SSSR count).